The van der Waals surface area contributed by atoms with Gasteiger partial charge in [0.25, 0.3) is 11.8 Å². The molecule has 6 heteroatoms. The zero-order valence-corrected chi connectivity index (χ0v) is 13.4. The summed E-state index contributed by atoms with van der Waals surface area (Å²) < 4.78 is 18.8. The van der Waals surface area contributed by atoms with Crippen molar-refractivity contribution in [2.75, 3.05) is 25.5 Å². The predicted octanol–water partition coefficient (Wildman–Crippen LogP) is 2.32. The molecule has 0 N–H and O–H groups in total. The summed E-state index contributed by atoms with van der Waals surface area (Å²) >= 11 is 0. The van der Waals surface area contributed by atoms with Crippen LogP contribution in [0, 0.1) is 5.82 Å². The molecule has 124 valence electrons. The molecule has 0 fully saturated rings. The highest BCUT2D eigenvalue weighted by molar-refractivity contribution is 6.07. The summed E-state index contributed by atoms with van der Waals surface area (Å²) in [6, 6.07) is 12.4. The zero-order valence-electron chi connectivity index (χ0n) is 13.4. The summed E-state index contributed by atoms with van der Waals surface area (Å²) in [6.45, 7) is 0.101. The van der Waals surface area contributed by atoms with Gasteiger partial charge in [-0.05, 0) is 36.4 Å². The monoisotopic (exact) mass is 328 g/mol. The first-order valence-electron chi connectivity index (χ1n) is 7.51. The molecule has 0 bridgehead atoms. The normalized spacial score (nSPS) is 16.1. The average molecular weight is 328 g/mol. The van der Waals surface area contributed by atoms with Gasteiger partial charge in [-0.2, -0.15) is 0 Å². The molecule has 0 aromatic heterocycles. The van der Waals surface area contributed by atoms with E-state index in [1.54, 1.807) is 38.4 Å². The number of amides is 2. The number of nitrogens with zero attached hydrogens (tertiary/aromatic N) is 2. The summed E-state index contributed by atoms with van der Waals surface area (Å²) in [5.74, 6) is -0.460. The Balaban J connectivity index is 1.97. The van der Waals surface area contributed by atoms with Crippen LogP contribution in [0.5, 0.6) is 5.75 Å². The molecule has 24 heavy (non-hydrogen) atoms. The second-order valence-corrected chi connectivity index (χ2v) is 5.73. The first kappa shape index (κ1) is 16.0. The molecular weight excluding hydrogens is 311 g/mol. The van der Waals surface area contributed by atoms with Crippen LogP contribution in [0.25, 0.3) is 0 Å². The van der Waals surface area contributed by atoms with Crippen molar-refractivity contribution in [1.29, 1.82) is 0 Å². The zero-order chi connectivity index (χ0) is 17.3. The van der Waals surface area contributed by atoms with Gasteiger partial charge in [-0.15, -0.1) is 0 Å². The maximum absolute atomic E-state index is 13.1. The number of benzene rings is 2. The Kier molecular flexibility index (Phi) is 4.20. The number of para-hydroxylation sites is 2. The van der Waals surface area contributed by atoms with Gasteiger partial charge in [-0.1, -0.05) is 12.1 Å². The highest BCUT2D eigenvalue weighted by atomic mass is 19.1. The lowest BCUT2D eigenvalue weighted by atomic mass is 10.1. The van der Waals surface area contributed by atoms with Gasteiger partial charge in [0.2, 0.25) is 0 Å². The van der Waals surface area contributed by atoms with E-state index >= 15 is 0 Å². The van der Waals surface area contributed by atoms with Crippen molar-refractivity contribution in [3.63, 3.8) is 0 Å². The van der Waals surface area contributed by atoms with Gasteiger partial charge in [0.1, 0.15) is 11.6 Å². The second kappa shape index (κ2) is 6.31. The molecule has 1 heterocycles. The van der Waals surface area contributed by atoms with E-state index in [-0.39, 0.29) is 18.4 Å². The number of carbonyl (C=O) groups is 2. The van der Waals surface area contributed by atoms with Crippen LogP contribution in [0.15, 0.2) is 48.5 Å². The number of likely N-dealkylation sites (N-methyl/N-ethyl adjacent to an activating group) is 1. The van der Waals surface area contributed by atoms with Crippen molar-refractivity contribution in [1.82, 2.24) is 4.90 Å². The molecule has 1 aliphatic rings. The van der Waals surface area contributed by atoms with Crippen LogP contribution >= 0.6 is 0 Å². The lowest BCUT2D eigenvalue weighted by Crippen LogP contribution is -2.50. The van der Waals surface area contributed by atoms with E-state index in [2.05, 4.69) is 0 Å². The number of hydrogen-bond acceptors (Lipinski definition) is 3. The molecule has 1 aliphatic heterocycles. The van der Waals surface area contributed by atoms with Gasteiger partial charge in [-0.25, -0.2) is 4.39 Å². The number of rotatable bonds is 2. The predicted molar refractivity (Wildman–Crippen MR) is 87.6 cm³/mol. The minimum absolute atomic E-state index is 0.101. The minimum atomic E-state index is -0.778. The molecule has 2 aromatic rings. The van der Waals surface area contributed by atoms with Gasteiger partial charge >= 0.3 is 0 Å². The van der Waals surface area contributed by atoms with Crippen molar-refractivity contribution in [2.24, 2.45) is 0 Å². The molecule has 1 atom stereocenters. The van der Waals surface area contributed by atoms with Crippen molar-refractivity contribution in [3.8, 4) is 5.75 Å². The SMILES string of the molecule is CN(C)C(=O)C1CN(C(=O)c2ccc(F)cc2)c2ccccc2O1. The fourth-order valence-corrected chi connectivity index (χ4v) is 2.59. The molecule has 1 unspecified atom stereocenters. The Morgan fingerprint density at radius 1 is 1.12 bits per heavy atom. The van der Waals surface area contributed by atoms with Gasteiger partial charge in [0.05, 0.1) is 12.2 Å². The lowest BCUT2D eigenvalue weighted by Gasteiger charge is -2.35. The Bertz CT molecular complexity index is 774. The Labute approximate surface area is 139 Å². The van der Waals surface area contributed by atoms with Crippen molar-refractivity contribution in [2.45, 2.75) is 6.10 Å². The first-order valence-corrected chi connectivity index (χ1v) is 7.51. The van der Waals surface area contributed by atoms with Crippen molar-refractivity contribution in [3.05, 3.63) is 59.9 Å². The van der Waals surface area contributed by atoms with E-state index in [0.717, 1.165) is 0 Å². The molecule has 0 radical (unpaired) electrons. The van der Waals surface area contributed by atoms with Crippen LogP contribution in [0.1, 0.15) is 10.4 Å². The third kappa shape index (κ3) is 2.95. The lowest BCUT2D eigenvalue weighted by molar-refractivity contribution is -0.135. The van der Waals surface area contributed by atoms with Crippen LogP contribution in [-0.4, -0.2) is 43.5 Å². The topological polar surface area (TPSA) is 49.9 Å². The van der Waals surface area contributed by atoms with E-state index in [1.807, 2.05) is 0 Å². The summed E-state index contributed by atoms with van der Waals surface area (Å²) in [6.07, 6.45) is -0.778. The Morgan fingerprint density at radius 2 is 1.79 bits per heavy atom. The molecular formula is C18H17FN2O3. The fourth-order valence-electron chi connectivity index (χ4n) is 2.59. The van der Waals surface area contributed by atoms with Crippen molar-refractivity contribution >= 4 is 17.5 Å². The minimum Gasteiger partial charge on any atom is -0.476 e. The number of hydrogen-bond donors (Lipinski definition) is 0. The van der Waals surface area contributed by atoms with Gasteiger partial charge in [0.15, 0.2) is 6.10 Å². The summed E-state index contributed by atoms with van der Waals surface area (Å²) in [7, 11) is 3.27. The second-order valence-electron chi connectivity index (χ2n) is 5.73. The number of ether oxygens (including phenoxy) is 1. The molecule has 2 aromatic carbocycles. The standard InChI is InChI=1S/C18H17FN2O3/c1-20(2)18(23)16-11-21(14-5-3-4-6-15(14)24-16)17(22)12-7-9-13(19)10-8-12/h3-10,16H,11H2,1-2H3. The molecule has 3 rings (SSSR count). The average Bonchev–Trinajstić information content (AvgIpc) is 2.60. The molecule has 0 spiro atoms. The maximum Gasteiger partial charge on any atom is 0.265 e. The van der Waals surface area contributed by atoms with Gasteiger partial charge in [0, 0.05) is 19.7 Å². The van der Waals surface area contributed by atoms with Crippen LogP contribution < -0.4 is 9.64 Å². The maximum atomic E-state index is 13.1. The van der Waals surface area contributed by atoms with Crippen LogP contribution in [-0.2, 0) is 4.79 Å². The van der Waals surface area contributed by atoms with Crippen LogP contribution in [0.3, 0.4) is 0 Å². The number of anilines is 1. The van der Waals surface area contributed by atoms with Crippen molar-refractivity contribution < 1.29 is 18.7 Å². The van der Waals surface area contributed by atoms with Crippen LogP contribution in [0.2, 0.25) is 0 Å². The third-order valence-corrected chi connectivity index (χ3v) is 3.83. The fraction of sp³-hybridized carbons (Fsp3) is 0.222. The van der Waals surface area contributed by atoms with Gasteiger partial charge < -0.3 is 14.5 Å². The van der Waals surface area contributed by atoms with E-state index < -0.39 is 11.9 Å². The summed E-state index contributed by atoms with van der Waals surface area (Å²) in [5.41, 5.74) is 0.943. The molecule has 0 aliphatic carbocycles. The highest BCUT2D eigenvalue weighted by Gasteiger charge is 2.34. The molecule has 2 amide bonds. The third-order valence-electron chi connectivity index (χ3n) is 3.83. The smallest absolute Gasteiger partial charge is 0.265 e. The number of carbonyl (C=O) groups excluding carboxylic acids is 2. The Hall–Kier alpha value is -2.89. The molecule has 0 saturated heterocycles. The molecule has 5 nitrogen and oxygen atoms in total. The summed E-state index contributed by atoms with van der Waals surface area (Å²) in [4.78, 5) is 28.0. The van der Waals surface area contributed by atoms with E-state index in [9.17, 15) is 14.0 Å². The summed E-state index contributed by atoms with van der Waals surface area (Å²) in [5, 5.41) is 0. The van der Waals surface area contributed by atoms with E-state index in [0.29, 0.717) is 17.0 Å². The van der Waals surface area contributed by atoms with E-state index in [1.165, 1.54) is 34.1 Å². The highest BCUT2D eigenvalue weighted by Crippen LogP contribution is 2.34. The van der Waals surface area contributed by atoms with Gasteiger partial charge in [-0.3, -0.25) is 9.59 Å². The van der Waals surface area contributed by atoms with E-state index in [4.69, 9.17) is 4.74 Å². The largest absolute Gasteiger partial charge is 0.476 e. The molecule has 0 saturated carbocycles. The number of halogens is 1. The number of fused-ring (bicyclic) bond motifs is 1. The first-order chi connectivity index (χ1) is 11.5. The van der Waals surface area contributed by atoms with Crippen LogP contribution in [0.4, 0.5) is 10.1 Å². The Morgan fingerprint density at radius 3 is 2.46 bits per heavy atom. The quantitative estimate of drug-likeness (QED) is 0.850.